The number of aromatic nitrogens is 2. The van der Waals surface area contributed by atoms with Crippen molar-refractivity contribution in [3.63, 3.8) is 0 Å². The van der Waals surface area contributed by atoms with E-state index in [0.717, 1.165) is 5.69 Å². The minimum atomic E-state index is -0.209. The topological polar surface area (TPSA) is 55.2 Å². The summed E-state index contributed by atoms with van der Waals surface area (Å²) in [5.74, 6) is 0.830. The number of nitrogens with zero attached hydrogens (tertiary/aromatic N) is 2. The van der Waals surface area contributed by atoms with E-state index in [0.29, 0.717) is 5.75 Å². The first kappa shape index (κ1) is 8.77. The fourth-order valence-electron chi connectivity index (χ4n) is 0.945. The molecule has 1 aromatic rings. The monoisotopic (exact) mass is 168 g/mol. The predicted molar refractivity (Wildman–Crippen MR) is 44.3 cm³/mol. The zero-order valence-electron chi connectivity index (χ0n) is 7.40. The molecule has 4 heteroatoms. The van der Waals surface area contributed by atoms with Crippen LogP contribution in [0.15, 0.2) is 6.20 Å². The van der Waals surface area contributed by atoms with Crippen LogP contribution in [0.1, 0.15) is 25.5 Å². The lowest BCUT2D eigenvalue weighted by molar-refractivity contribution is 0.385. The first-order valence-corrected chi connectivity index (χ1v) is 3.75. The standard InChI is InChI=1S/C8H12N2O2/c1-5(2)7-6(12-3)4-9-8(11)10-7/h4-5H,1-3H3,(H,9,10,11). The number of methoxy groups -OCH3 is 1. The molecular weight excluding hydrogens is 156 g/mol. The molecule has 0 radical (unpaired) electrons. The van der Waals surface area contributed by atoms with Crippen molar-refractivity contribution in [2.45, 2.75) is 19.8 Å². The van der Waals surface area contributed by atoms with Crippen LogP contribution in [0.5, 0.6) is 11.8 Å². The van der Waals surface area contributed by atoms with Gasteiger partial charge in [-0.2, -0.15) is 9.97 Å². The van der Waals surface area contributed by atoms with E-state index in [-0.39, 0.29) is 11.9 Å². The first-order chi connectivity index (χ1) is 5.65. The molecule has 66 valence electrons. The van der Waals surface area contributed by atoms with Crippen molar-refractivity contribution in [2.75, 3.05) is 7.11 Å². The van der Waals surface area contributed by atoms with E-state index >= 15 is 0 Å². The SMILES string of the molecule is COc1cnc(O)nc1C(C)C. The van der Waals surface area contributed by atoms with Crippen LogP contribution in [-0.4, -0.2) is 22.2 Å². The molecular formula is C8H12N2O2. The van der Waals surface area contributed by atoms with Gasteiger partial charge in [0.1, 0.15) is 0 Å². The van der Waals surface area contributed by atoms with Gasteiger partial charge < -0.3 is 9.84 Å². The van der Waals surface area contributed by atoms with Gasteiger partial charge in [-0.15, -0.1) is 0 Å². The number of hydrogen-bond acceptors (Lipinski definition) is 4. The second kappa shape index (κ2) is 3.38. The molecule has 0 atom stereocenters. The molecule has 1 N–H and O–H groups in total. The Morgan fingerprint density at radius 3 is 2.67 bits per heavy atom. The molecule has 0 fully saturated rings. The summed E-state index contributed by atoms with van der Waals surface area (Å²) in [6, 6.07) is -0.209. The molecule has 0 bridgehead atoms. The Morgan fingerprint density at radius 2 is 2.17 bits per heavy atom. The van der Waals surface area contributed by atoms with E-state index < -0.39 is 0 Å². The summed E-state index contributed by atoms with van der Waals surface area (Å²) in [5.41, 5.74) is 0.727. The highest BCUT2D eigenvalue weighted by Gasteiger charge is 2.10. The van der Waals surface area contributed by atoms with Gasteiger partial charge in [0.15, 0.2) is 5.75 Å². The van der Waals surface area contributed by atoms with E-state index in [1.54, 1.807) is 7.11 Å². The fraction of sp³-hybridized carbons (Fsp3) is 0.500. The maximum atomic E-state index is 9.00. The largest absolute Gasteiger partial charge is 0.493 e. The molecule has 1 rings (SSSR count). The van der Waals surface area contributed by atoms with Crippen molar-refractivity contribution in [1.82, 2.24) is 9.97 Å². The third kappa shape index (κ3) is 1.64. The van der Waals surface area contributed by atoms with Gasteiger partial charge in [-0.1, -0.05) is 13.8 Å². The summed E-state index contributed by atoms with van der Waals surface area (Å²) >= 11 is 0. The number of aromatic hydroxyl groups is 1. The van der Waals surface area contributed by atoms with Gasteiger partial charge in [-0.3, -0.25) is 0 Å². The molecule has 0 unspecified atom stereocenters. The van der Waals surface area contributed by atoms with Crippen molar-refractivity contribution >= 4 is 0 Å². The van der Waals surface area contributed by atoms with Gasteiger partial charge in [-0.25, -0.2) is 0 Å². The molecule has 0 aliphatic carbocycles. The Kier molecular flexibility index (Phi) is 2.47. The van der Waals surface area contributed by atoms with Crippen LogP contribution < -0.4 is 4.74 Å². The lowest BCUT2D eigenvalue weighted by Crippen LogP contribution is -1.98. The average molecular weight is 168 g/mol. The highest BCUT2D eigenvalue weighted by atomic mass is 16.5. The molecule has 0 aromatic carbocycles. The second-order valence-electron chi connectivity index (χ2n) is 2.78. The molecule has 4 nitrogen and oxygen atoms in total. The average Bonchev–Trinajstić information content (AvgIpc) is 2.04. The van der Waals surface area contributed by atoms with Crippen LogP contribution >= 0.6 is 0 Å². The second-order valence-corrected chi connectivity index (χ2v) is 2.78. The molecule has 0 aliphatic rings. The number of ether oxygens (including phenoxy) is 1. The normalized spacial score (nSPS) is 10.3. The first-order valence-electron chi connectivity index (χ1n) is 3.75. The van der Waals surface area contributed by atoms with Crippen LogP contribution in [-0.2, 0) is 0 Å². The van der Waals surface area contributed by atoms with Crippen molar-refractivity contribution in [1.29, 1.82) is 0 Å². The molecule has 1 heterocycles. The van der Waals surface area contributed by atoms with Crippen molar-refractivity contribution in [3.8, 4) is 11.8 Å². The third-order valence-electron chi connectivity index (χ3n) is 1.54. The van der Waals surface area contributed by atoms with Crippen LogP contribution in [0, 0.1) is 0 Å². The number of hydrogen-bond donors (Lipinski definition) is 1. The Balaban J connectivity index is 3.12. The van der Waals surface area contributed by atoms with Crippen molar-refractivity contribution < 1.29 is 9.84 Å². The van der Waals surface area contributed by atoms with E-state index in [1.165, 1.54) is 6.20 Å². The zero-order valence-corrected chi connectivity index (χ0v) is 7.40. The third-order valence-corrected chi connectivity index (χ3v) is 1.54. The molecule has 1 aromatic heterocycles. The molecule has 0 saturated carbocycles. The van der Waals surface area contributed by atoms with Crippen molar-refractivity contribution in [2.24, 2.45) is 0 Å². The van der Waals surface area contributed by atoms with Crippen LogP contribution in [0.25, 0.3) is 0 Å². The lowest BCUT2D eigenvalue weighted by Gasteiger charge is -2.08. The zero-order chi connectivity index (χ0) is 9.14. The van der Waals surface area contributed by atoms with Crippen LogP contribution in [0.2, 0.25) is 0 Å². The predicted octanol–water partition coefficient (Wildman–Crippen LogP) is 1.31. The van der Waals surface area contributed by atoms with Gasteiger partial charge >= 0.3 is 6.01 Å². The quantitative estimate of drug-likeness (QED) is 0.723. The molecule has 0 spiro atoms. The van der Waals surface area contributed by atoms with Gasteiger partial charge in [0, 0.05) is 0 Å². The maximum Gasteiger partial charge on any atom is 0.314 e. The van der Waals surface area contributed by atoms with Crippen LogP contribution in [0.4, 0.5) is 0 Å². The summed E-state index contributed by atoms with van der Waals surface area (Å²) in [5, 5.41) is 9.00. The van der Waals surface area contributed by atoms with E-state index in [9.17, 15) is 0 Å². The fourth-order valence-corrected chi connectivity index (χ4v) is 0.945. The Morgan fingerprint density at radius 1 is 1.50 bits per heavy atom. The molecule has 0 aliphatic heterocycles. The maximum absolute atomic E-state index is 9.00. The molecule has 0 saturated heterocycles. The minimum Gasteiger partial charge on any atom is -0.493 e. The highest BCUT2D eigenvalue weighted by Crippen LogP contribution is 2.23. The summed E-state index contributed by atoms with van der Waals surface area (Å²) < 4.78 is 5.03. The number of rotatable bonds is 2. The van der Waals surface area contributed by atoms with Gasteiger partial charge in [0.25, 0.3) is 0 Å². The molecule has 12 heavy (non-hydrogen) atoms. The van der Waals surface area contributed by atoms with Gasteiger partial charge in [-0.05, 0) is 5.92 Å². The Labute approximate surface area is 71.2 Å². The Bertz CT molecular complexity index is 274. The summed E-state index contributed by atoms with van der Waals surface area (Å²) in [6.45, 7) is 3.95. The smallest absolute Gasteiger partial charge is 0.314 e. The van der Waals surface area contributed by atoms with E-state index in [2.05, 4.69) is 9.97 Å². The van der Waals surface area contributed by atoms with E-state index in [1.807, 2.05) is 13.8 Å². The van der Waals surface area contributed by atoms with Gasteiger partial charge in [0.2, 0.25) is 0 Å². The summed E-state index contributed by atoms with van der Waals surface area (Å²) in [6.07, 6.45) is 1.47. The van der Waals surface area contributed by atoms with E-state index in [4.69, 9.17) is 9.84 Å². The minimum absolute atomic E-state index is 0.209. The van der Waals surface area contributed by atoms with Crippen molar-refractivity contribution in [3.05, 3.63) is 11.9 Å². The Hall–Kier alpha value is -1.32. The molecule has 0 amide bonds. The summed E-state index contributed by atoms with van der Waals surface area (Å²) in [7, 11) is 1.56. The van der Waals surface area contributed by atoms with Gasteiger partial charge in [0.05, 0.1) is 19.0 Å². The highest BCUT2D eigenvalue weighted by molar-refractivity contribution is 5.28. The van der Waals surface area contributed by atoms with Crippen LogP contribution in [0.3, 0.4) is 0 Å². The lowest BCUT2D eigenvalue weighted by atomic mass is 10.1. The summed E-state index contributed by atoms with van der Waals surface area (Å²) in [4.78, 5) is 7.48.